The third-order valence-electron chi connectivity index (χ3n) is 3.26. The molecule has 0 saturated heterocycles. The smallest absolute Gasteiger partial charge is 0.256 e. The molecule has 0 atom stereocenters. The fourth-order valence-electron chi connectivity index (χ4n) is 2.25. The SMILES string of the molecule is CC(C)NC(=O)c1ccc2c(c1)NC(=O)c1ccccc1S2. The Kier molecular flexibility index (Phi) is 3.90. The first-order valence-electron chi connectivity index (χ1n) is 7.08. The third-order valence-corrected chi connectivity index (χ3v) is 4.41. The number of nitrogens with one attached hydrogen (secondary N) is 2. The maximum absolute atomic E-state index is 12.3. The largest absolute Gasteiger partial charge is 0.350 e. The Hall–Kier alpha value is -2.27. The van der Waals surface area contributed by atoms with Crippen LogP contribution < -0.4 is 10.6 Å². The Morgan fingerprint density at radius 2 is 1.91 bits per heavy atom. The van der Waals surface area contributed by atoms with E-state index in [1.54, 1.807) is 18.2 Å². The molecule has 2 aromatic rings. The van der Waals surface area contributed by atoms with Crippen molar-refractivity contribution in [3.05, 3.63) is 53.6 Å². The van der Waals surface area contributed by atoms with Crippen molar-refractivity contribution in [2.24, 2.45) is 0 Å². The highest BCUT2D eigenvalue weighted by molar-refractivity contribution is 7.99. The number of hydrogen-bond acceptors (Lipinski definition) is 3. The van der Waals surface area contributed by atoms with Crippen LogP contribution in [-0.4, -0.2) is 17.9 Å². The van der Waals surface area contributed by atoms with Gasteiger partial charge in [0.15, 0.2) is 0 Å². The number of rotatable bonds is 2. The standard InChI is InChI=1S/C17H16N2O2S/c1-10(2)18-16(20)11-7-8-15-13(9-11)19-17(21)12-5-3-4-6-14(12)22-15/h3-10H,1-2H3,(H,18,20)(H,19,21). The predicted octanol–water partition coefficient (Wildman–Crippen LogP) is 3.54. The molecule has 0 spiro atoms. The zero-order valence-corrected chi connectivity index (χ0v) is 13.2. The molecule has 1 aliphatic rings. The lowest BCUT2D eigenvalue weighted by Gasteiger charge is -2.11. The summed E-state index contributed by atoms with van der Waals surface area (Å²) >= 11 is 1.53. The van der Waals surface area contributed by atoms with E-state index in [0.717, 1.165) is 9.79 Å². The lowest BCUT2D eigenvalue weighted by molar-refractivity contribution is 0.0941. The summed E-state index contributed by atoms with van der Waals surface area (Å²) in [5.74, 6) is -0.290. The van der Waals surface area contributed by atoms with Gasteiger partial charge < -0.3 is 10.6 Å². The number of benzene rings is 2. The van der Waals surface area contributed by atoms with E-state index in [1.807, 2.05) is 38.1 Å². The second-order valence-electron chi connectivity index (χ2n) is 5.39. The molecular weight excluding hydrogens is 296 g/mol. The van der Waals surface area contributed by atoms with Crippen LogP contribution in [0.1, 0.15) is 34.6 Å². The zero-order chi connectivity index (χ0) is 15.7. The van der Waals surface area contributed by atoms with Crippen LogP contribution in [-0.2, 0) is 0 Å². The van der Waals surface area contributed by atoms with Gasteiger partial charge in [0.1, 0.15) is 0 Å². The minimum absolute atomic E-state index is 0.0690. The molecule has 4 nitrogen and oxygen atoms in total. The zero-order valence-electron chi connectivity index (χ0n) is 12.3. The quantitative estimate of drug-likeness (QED) is 0.891. The average molecular weight is 312 g/mol. The second kappa shape index (κ2) is 5.85. The Labute approximate surface area is 133 Å². The van der Waals surface area contributed by atoms with Crippen molar-refractivity contribution in [3.8, 4) is 0 Å². The van der Waals surface area contributed by atoms with Crippen LogP contribution in [0.15, 0.2) is 52.3 Å². The summed E-state index contributed by atoms with van der Waals surface area (Å²) in [5.41, 5.74) is 1.86. The molecule has 2 aromatic carbocycles. The fraction of sp³-hybridized carbons (Fsp3) is 0.176. The van der Waals surface area contributed by atoms with Gasteiger partial charge in [0.05, 0.1) is 11.3 Å². The van der Waals surface area contributed by atoms with E-state index in [4.69, 9.17) is 0 Å². The van der Waals surface area contributed by atoms with Crippen LogP contribution in [0.25, 0.3) is 0 Å². The van der Waals surface area contributed by atoms with Crippen molar-refractivity contribution in [2.75, 3.05) is 5.32 Å². The van der Waals surface area contributed by atoms with Gasteiger partial charge in [0.2, 0.25) is 0 Å². The van der Waals surface area contributed by atoms with Crippen LogP contribution in [0, 0.1) is 0 Å². The Bertz CT molecular complexity index is 756. The van der Waals surface area contributed by atoms with Gasteiger partial charge in [-0.2, -0.15) is 0 Å². The number of anilines is 1. The molecule has 1 aliphatic heterocycles. The molecule has 0 radical (unpaired) electrons. The van der Waals surface area contributed by atoms with Crippen LogP contribution in [0.4, 0.5) is 5.69 Å². The number of carbonyl (C=O) groups is 2. The number of carbonyl (C=O) groups excluding carboxylic acids is 2. The molecular formula is C17H16N2O2S. The number of hydrogen-bond donors (Lipinski definition) is 2. The molecule has 5 heteroatoms. The van der Waals surface area contributed by atoms with E-state index in [-0.39, 0.29) is 17.9 Å². The van der Waals surface area contributed by atoms with Gasteiger partial charge in [-0.1, -0.05) is 23.9 Å². The molecule has 22 heavy (non-hydrogen) atoms. The highest BCUT2D eigenvalue weighted by Crippen LogP contribution is 2.38. The molecule has 0 unspecified atom stereocenters. The summed E-state index contributed by atoms with van der Waals surface area (Å²) < 4.78 is 0. The first-order chi connectivity index (χ1) is 10.5. The molecule has 2 N–H and O–H groups in total. The van der Waals surface area contributed by atoms with Gasteiger partial charge in [-0.25, -0.2) is 0 Å². The van der Waals surface area contributed by atoms with Crippen molar-refractivity contribution in [1.29, 1.82) is 0 Å². The Morgan fingerprint density at radius 1 is 1.14 bits per heavy atom. The van der Waals surface area contributed by atoms with E-state index >= 15 is 0 Å². The second-order valence-corrected chi connectivity index (χ2v) is 6.48. The number of fused-ring (bicyclic) bond motifs is 2. The van der Waals surface area contributed by atoms with Crippen LogP contribution in [0.5, 0.6) is 0 Å². The summed E-state index contributed by atoms with van der Waals surface area (Å²) in [6.45, 7) is 3.82. The lowest BCUT2D eigenvalue weighted by Crippen LogP contribution is -2.30. The van der Waals surface area contributed by atoms with Gasteiger partial charge in [-0.3, -0.25) is 9.59 Å². The minimum Gasteiger partial charge on any atom is -0.350 e. The van der Waals surface area contributed by atoms with Crippen LogP contribution in [0.3, 0.4) is 0 Å². The molecule has 0 saturated carbocycles. The normalized spacial score (nSPS) is 13.0. The minimum atomic E-state index is -0.150. The lowest BCUT2D eigenvalue weighted by atomic mass is 10.1. The molecule has 0 aliphatic carbocycles. The van der Waals surface area contributed by atoms with Crippen molar-refractivity contribution in [1.82, 2.24) is 5.32 Å². The van der Waals surface area contributed by atoms with Crippen LogP contribution in [0.2, 0.25) is 0 Å². The Balaban J connectivity index is 1.97. The highest BCUT2D eigenvalue weighted by atomic mass is 32.2. The van der Waals surface area contributed by atoms with Gasteiger partial charge in [-0.15, -0.1) is 0 Å². The van der Waals surface area contributed by atoms with Crippen molar-refractivity contribution < 1.29 is 9.59 Å². The maximum Gasteiger partial charge on any atom is 0.256 e. The van der Waals surface area contributed by atoms with E-state index in [0.29, 0.717) is 16.8 Å². The first-order valence-corrected chi connectivity index (χ1v) is 7.89. The summed E-state index contributed by atoms with van der Waals surface area (Å²) in [6.07, 6.45) is 0. The third kappa shape index (κ3) is 2.85. The molecule has 0 fully saturated rings. The van der Waals surface area contributed by atoms with Crippen molar-refractivity contribution >= 4 is 29.3 Å². The molecule has 0 bridgehead atoms. The maximum atomic E-state index is 12.3. The number of amides is 2. The molecule has 3 rings (SSSR count). The molecule has 0 aromatic heterocycles. The van der Waals surface area contributed by atoms with E-state index in [1.165, 1.54) is 11.8 Å². The van der Waals surface area contributed by atoms with Gasteiger partial charge >= 0.3 is 0 Å². The molecule has 112 valence electrons. The van der Waals surface area contributed by atoms with Crippen molar-refractivity contribution in [3.63, 3.8) is 0 Å². The summed E-state index contributed by atoms with van der Waals surface area (Å²) in [7, 11) is 0. The monoisotopic (exact) mass is 312 g/mol. The summed E-state index contributed by atoms with van der Waals surface area (Å²) in [4.78, 5) is 26.2. The van der Waals surface area contributed by atoms with E-state index < -0.39 is 0 Å². The highest BCUT2D eigenvalue weighted by Gasteiger charge is 2.20. The average Bonchev–Trinajstić information content (AvgIpc) is 2.62. The predicted molar refractivity (Wildman–Crippen MR) is 87.6 cm³/mol. The van der Waals surface area contributed by atoms with E-state index in [9.17, 15) is 9.59 Å². The fourth-order valence-corrected chi connectivity index (χ4v) is 3.26. The molecule has 1 heterocycles. The first kappa shape index (κ1) is 14.7. The topological polar surface area (TPSA) is 58.2 Å². The van der Waals surface area contributed by atoms with Crippen molar-refractivity contribution in [2.45, 2.75) is 29.7 Å². The van der Waals surface area contributed by atoms with Gasteiger partial charge in [0, 0.05) is 21.4 Å². The van der Waals surface area contributed by atoms with Gasteiger partial charge in [-0.05, 0) is 44.2 Å². The Morgan fingerprint density at radius 3 is 2.68 bits per heavy atom. The van der Waals surface area contributed by atoms with Crippen LogP contribution >= 0.6 is 11.8 Å². The van der Waals surface area contributed by atoms with Gasteiger partial charge in [0.25, 0.3) is 11.8 Å². The summed E-state index contributed by atoms with van der Waals surface area (Å²) in [6, 6.07) is 12.9. The molecule has 2 amide bonds. The van der Waals surface area contributed by atoms with E-state index in [2.05, 4.69) is 10.6 Å². The summed E-state index contributed by atoms with van der Waals surface area (Å²) in [5, 5.41) is 5.74.